The number of methoxy groups -OCH3 is 2. The smallest absolute Gasteiger partial charge is 0.0910 e. The van der Waals surface area contributed by atoms with E-state index in [1.165, 1.54) is 5.39 Å². The molecule has 2 aromatic rings. The molecule has 0 aliphatic rings. The summed E-state index contributed by atoms with van der Waals surface area (Å²) in [6, 6.07) is 12.3. The van der Waals surface area contributed by atoms with Crippen LogP contribution in [0, 0.1) is 0 Å². The summed E-state index contributed by atoms with van der Waals surface area (Å²) in [6.45, 7) is 0. The van der Waals surface area contributed by atoms with Crippen molar-refractivity contribution in [3.05, 3.63) is 46.8 Å². The molecule has 0 radical (unpaired) electrons. The van der Waals surface area contributed by atoms with Crippen molar-refractivity contribution in [2.75, 3.05) is 14.2 Å². The first-order chi connectivity index (χ1) is 7.86. The molecule has 0 heterocycles. The Labute approximate surface area is 94.4 Å². The van der Waals surface area contributed by atoms with Crippen molar-refractivity contribution >= 4 is 23.3 Å². The molecule has 0 saturated carbocycles. The second kappa shape index (κ2) is 4.71. The van der Waals surface area contributed by atoms with Gasteiger partial charge in [-0.3, -0.25) is 0 Å². The lowest BCUT2D eigenvalue weighted by atomic mass is 10.1. The van der Waals surface area contributed by atoms with Gasteiger partial charge in [-0.2, -0.15) is 0 Å². The second-order valence-electron chi connectivity index (χ2n) is 3.50. The third-order valence-electron chi connectivity index (χ3n) is 2.48. The normalized spacial score (nSPS) is 13.1. The predicted molar refractivity (Wildman–Crippen MR) is 66.1 cm³/mol. The molecular formula is C14H14O2. The summed E-state index contributed by atoms with van der Waals surface area (Å²) >= 11 is 0. The zero-order valence-corrected chi connectivity index (χ0v) is 9.44. The maximum Gasteiger partial charge on any atom is 0.0910 e. The van der Waals surface area contributed by atoms with Crippen LogP contribution < -0.4 is 10.4 Å². The van der Waals surface area contributed by atoms with Crippen LogP contribution in [0.25, 0.3) is 23.3 Å². The Morgan fingerprint density at radius 3 is 2.38 bits per heavy atom. The van der Waals surface area contributed by atoms with Crippen LogP contribution in [0.2, 0.25) is 0 Å². The van der Waals surface area contributed by atoms with E-state index in [2.05, 4.69) is 18.2 Å². The van der Waals surface area contributed by atoms with E-state index in [1.807, 2.05) is 18.2 Å². The van der Waals surface area contributed by atoms with Gasteiger partial charge in [-0.1, -0.05) is 36.4 Å². The monoisotopic (exact) mass is 214 g/mol. The van der Waals surface area contributed by atoms with Crippen molar-refractivity contribution in [2.24, 2.45) is 0 Å². The van der Waals surface area contributed by atoms with Crippen molar-refractivity contribution in [3.63, 3.8) is 0 Å². The van der Waals surface area contributed by atoms with Gasteiger partial charge < -0.3 is 9.47 Å². The molecule has 0 unspecified atom stereocenters. The topological polar surface area (TPSA) is 18.5 Å². The molecule has 0 spiro atoms. The first kappa shape index (κ1) is 10.6. The zero-order chi connectivity index (χ0) is 11.4. The number of ether oxygens (including phenoxy) is 2. The molecule has 0 fully saturated rings. The number of hydrogen-bond donors (Lipinski definition) is 0. The number of fused-ring (bicyclic) bond motifs is 1. The van der Waals surface area contributed by atoms with Crippen LogP contribution in [0.1, 0.15) is 0 Å². The van der Waals surface area contributed by atoms with Crippen LogP contribution >= 0.6 is 0 Å². The first-order valence-electron chi connectivity index (χ1n) is 5.10. The Morgan fingerprint density at radius 2 is 1.62 bits per heavy atom. The third-order valence-corrected chi connectivity index (χ3v) is 2.48. The van der Waals surface area contributed by atoms with Gasteiger partial charge in [-0.15, -0.1) is 0 Å². The molecule has 0 aliphatic heterocycles. The lowest BCUT2D eigenvalue weighted by Crippen LogP contribution is -2.25. The van der Waals surface area contributed by atoms with E-state index in [0.29, 0.717) is 0 Å². The Morgan fingerprint density at radius 1 is 0.875 bits per heavy atom. The van der Waals surface area contributed by atoms with E-state index in [-0.39, 0.29) is 0 Å². The molecule has 0 aromatic heterocycles. The lowest BCUT2D eigenvalue weighted by molar-refractivity contribution is 0.387. The summed E-state index contributed by atoms with van der Waals surface area (Å²) in [7, 11) is 3.30. The van der Waals surface area contributed by atoms with Gasteiger partial charge >= 0.3 is 0 Å². The van der Waals surface area contributed by atoms with Crippen LogP contribution in [-0.4, -0.2) is 14.2 Å². The standard InChI is InChI=1S/C14H14O2/c1-15-9-12-8-7-11-5-3-4-6-13(11)14(12)10-16-2/h3-10H,1-2H3. The van der Waals surface area contributed by atoms with Crippen LogP contribution in [0.3, 0.4) is 0 Å². The van der Waals surface area contributed by atoms with Crippen LogP contribution in [0.4, 0.5) is 0 Å². The number of benzene rings is 2. The highest BCUT2D eigenvalue weighted by atomic mass is 16.5. The molecule has 2 rings (SSSR count). The quantitative estimate of drug-likeness (QED) is 0.756. The van der Waals surface area contributed by atoms with E-state index in [0.717, 1.165) is 15.8 Å². The van der Waals surface area contributed by atoms with Gasteiger partial charge in [0.05, 0.1) is 26.7 Å². The van der Waals surface area contributed by atoms with Gasteiger partial charge in [0.1, 0.15) is 0 Å². The van der Waals surface area contributed by atoms with Crippen molar-refractivity contribution in [2.45, 2.75) is 0 Å². The van der Waals surface area contributed by atoms with Gasteiger partial charge in [0.2, 0.25) is 0 Å². The Hall–Kier alpha value is -1.96. The zero-order valence-electron chi connectivity index (χ0n) is 9.44. The fraction of sp³-hybridized carbons (Fsp3) is 0.143. The van der Waals surface area contributed by atoms with Gasteiger partial charge in [0.15, 0.2) is 0 Å². The molecule has 2 heteroatoms. The highest BCUT2D eigenvalue weighted by molar-refractivity contribution is 5.83. The van der Waals surface area contributed by atoms with Crippen molar-refractivity contribution in [1.82, 2.24) is 0 Å². The van der Waals surface area contributed by atoms with Crippen LogP contribution in [-0.2, 0) is 9.47 Å². The highest BCUT2D eigenvalue weighted by Crippen LogP contribution is 2.06. The minimum atomic E-state index is 1.02. The molecular weight excluding hydrogens is 200 g/mol. The van der Waals surface area contributed by atoms with Crippen molar-refractivity contribution < 1.29 is 9.47 Å². The maximum atomic E-state index is 5.12. The summed E-state index contributed by atoms with van der Waals surface area (Å²) in [5.41, 5.74) is 0. The molecule has 16 heavy (non-hydrogen) atoms. The van der Waals surface area contributed by atoms with Crippen LogP contribution in [0.15, 0.2) is 36.4 Å². The highest BCUT2D eigenvalue weighted by Gasteiger charge is 1.95. The largest absolute Gasteiger partial charge is 0.504 e. The molecule has 2 nitrogen and oxygen atoms in total. The van der Waals surface area contributed by atoms with Gasteiger partial charge in [0.25, 0.3) is 0 Å². The van der Waals surface area contributed by atoms with Crippen molar-refractivity contribution in [1.29, 1.82) is 0 Å². The molecule has 0 amide bonds. The summed E-state index contributed by atoms with van der Waals surface area (Å²) in [5.74, 6) is 0. The SMILES string of the molecule is COC=c1ccc2ccccc2c1=COC. The average Bonchev–Trinajstić information content (AvgIpc) is 2.32. The van der Waals surface area contributed by atoms with E-state index in [1.54, 1.807) is 26.7 Å². The molecule has 0 atom stereocenters. The van der Waals surface area contributed by atoms with Crippen LogP contribution in [0.5, 0.6) is 0 Å². The molecule has 82 valence electrons. The minimum Gasteiger partial charge on any atom is -0.504 e. The molecule has 0 saturated heterocycles. The predicted octanol–water partition coefficient (Wildman–Crippen LogP) is 1.61. The molecule has 0 N–H and O–H groups in total. The minimum absolute atomic E-state index is 1.02. The van der Waals surface area contributed by atoms with Gasteiger partial charge in [0, 0.05) is 10.4 Å². The van der Waals surface area contributed by atoms with E-state index in [9.17, 15) is 0 Å². The summed E-state index contributed by atoms with van der Waals surface area (Å²) in [4.78, 5) is 0. The Bertz CT molecular complexity index is 600. The number of rotatable bonds is 2. The molecule has 0 aliphatic carbocycles. The van der Waals surface area contributed by atoms with Gasteiger partial charge in [-0.05, 0) is 10.8 Å². The first-order valence-corrected chi connectivity index (χ1v) is 5.10. The molecule has 2 aromatic carbocycles. The summed E-state index contributed by atoms with van der Waals surface area (Å²) in [5, 5.41) is 4.42. The Balaban J connectivity index is 2.91. The van der Waals surface area contributed by atoms with E-state index >= 15 is 0 Å². The van der Waals surface area contributed by atoms with Gasteiger partial charge in [-0.25, -0.2) is 0 Å². The average molecular weight is 214 g/mol. The number of hydrogen-bond acceptors (Lipinski definition) is 2. The molecule has 0 bridgehead atoms. The van der Waals surface area contributed by atoms with E-state index < -0.39 is 0 Å². The fourth-order valence-electron chi connectivity index (χ4n) is 1.79. The third kappa shape index (κ3) is 1.87. The second-order valence-corrected chi connectivity index (χ2v) is 3.50. The lowest BCUT2D eigenvalue weighted by Gasteiger charge is -2.00. The van der Waals surface area contributed by atoms with Crippen molar-refractivity contribution in [3.8, 4) is 0 Å². The summed E-state index contributed by atoms with van der Waals surface area (Å²) < 4.78 is 10.2. The summed E-state index contributed by atoms with van der Waals surface area (Å²) in [6.07, 6.45) is 3.46. The fourth-order valence-corrected chi connectivity index (χ4v) is 1.79. The maximum absolute atomic E-state index is 5.12. The van der Waals surface area contributed by atoms with E-state index in [4.69, 9.17) is 9.47 Å². The Kier molecular flexibility index (Phi) is 3.10.